The first-order valence-electron chi connectivity index (χ1n) is 8.51. The quantitative estimate of drug-likeness (QED) is 0.754. The normalized spacial score (nSPS) is 12.4. The van der Waals surface area contributed by atoms with E-state index in [-0.39, 0.29) is 11.6 Å². The molecule has 0 aliphatic heterocycles. The average Bonchev–Trinajstić information content (AvgIpc) is 2.63. The van der Waals surface area contributed by atoms with Gasteiger partial charge in [-0.1, -0.05) is 49.4 Å². The fourth-order valence-electron chi connectivity index (χ4n) is 3.01. The number of nitrogens with zero attached hydrogens (tertiary/aromatic N) is 2. The highest BCUT2D eigenvalue weighted by Gasteiger charge is 2.17. The summed E-state index contributed by atoms with van der Waals surface area (Å²) in [5.74, 6) is 0.819. The minimum Gasteiger partial charge on any atom is -0.303 e. The maximum atomic E-state index is 12.8. The molecule has 0 unspecified atom stereocenters. The Hall–Kier alpha value is -2.46. The minimum absolute atomic E-state index is 0.0399. The first kappa shape index (κ1) is 16.4. The molecule has 1 atom stereocenters. The predicted octanol–water partition coefficient (Wildman–Crippen LogP) is 3.66. The van der Waals surface area contributed by atoms with Gasteiger partial charge in [-0.3, -0.25) is 9.36 Å². The highest BCUT2D eigenvalue weighted by atomic mass is 16.1. The summed E-state index contributed by atoms with van der Waals surface area (Å²) in [4.78, 5) is 17.6. The molecular weight excluding hydrogens is 298 g/mol. The van der Waals surface area contributed by atoms with Crippen LogP contribution in [0.2, 0.25) is 0 Å². The van der Waals surface area contributed by atoms with Gasteiger partial charge >= 0.3 is 0 Å². The third-order valence-electron chi connectivity index (χ3n) is 4.32. The number of aromatic nitrogens is 2. The molecule has 3 rings (SSSR count). The lowest BCUT2D eigenvalue weighted by molar-refractivity contribution is 0.462. The van der Waals surface area contributed by atoms with Crippen LogP contribution in [-0.2, 0) is 13.1 Å². The summed E-state index contributed by atoms with van der Waals surface area (Å²) >= 11 is 0. The number of para-hydroxylation sites is 1. The maximum Gasteiger partial charge on any atom is 0.261 e. The second kappa shape index (κ2) is 7.41. The monoisotopic (exact) mass is 321 g/mol. The summed E-state index contributed by atoms with van der Waals surface area (Å²) in [6.45, 7) is 5.48. The summed E-state index contributed by atoms with van der Waals surface area (Å²) in [5, 5.41) is 4.23. The topological polar surface area (TPSA) is 46.9 Å². The summed E-state index contributed by atoms with van der Waals surface area (Å²) in [6, 6.07) is 17.9. The van der Waals surface area contributed by atoms with Gasteiger partial charge in [-0.25, -0.2) is 4.98 Å². The van der Waals surface area contributed by atoms with Crippen molar-refractivity contribution in [3.8, 4) is 0 Å². The van der Waals surface area contributed by atoms with Crippen LogP contribution in [0.4, 0.5) is 0 Å². The Morgan fingerprint density at radius 1 is 1.04 bits per heavy atom. The molecule has 2 aromatic carbocycles. The van der Waals surface area contributed by atoms with E-state index in [2.05, 4.69) is 24.4 Å². The molecule has 0 saturated carbocycles. The number of rotatable bonds is 6. The fraction of sp³-hybridized carbons (Fsp3) is 0.300. The first-order chi connectivity index (χ1) is 11.7. The largest absolute Gasteiger partial charge is 0.303 e. The highest BCUT2D eigenvalue weighted by Crippen LogP contribution is 2.17. The molecule has 0 aliphatic rings. The molecule has 0 fully saturated rings. The molecule has 0 spiro atoms. The molecule has 3 aromatic rings. The third kappa shape index (κ3) is 3.24. The Labute approximate surface area is 142 Å². The van der Waals surface area contributed by atoms with Gasteiger partial charge in [0.1, 0.15) is 5.82 Å². The van der Waals surface area contributed by atoms with Crippen LogP contribution in [0.25, 0.3) is 10.9 Å². The van der Waals surface area contributed by atoms with E-state index < -0.39 is 0 Å². The van der Waals surface area contributed by atoms with E-state index >= 15 is 0 Å². The van der Waals surface area contributed by atoms with E-state index in [0.29, 0.717) is 11.9 Å². The molecule has 1 aromatic heterocycles. The molecular formula is C20H23N3O. The summed E-state index contributed by atoms with van der Waals surface area (Å²) in [6.07, 6.45) is 0.873. The van der Waals surface area contributed by atoms with Crippen LogP contribution < -0.4 is 10.9 Å². The Kier molecular flexibility index (Phi) is 5.06. The van der Waals surface area contributed by atoms with Crippen LogP contribution >= 0.6 is 0 Å². The van der Waals surface area contributed by atoms with Crippen molar-refractivity contribution in [2.24, 2.45) is 0 Å². The number of nitrogens with one attached hydrogen (secondary N) is 1. The number of benzene rings is 2. The molecule has 1 N–H and O–H groups in total. The summed E-state index contributed by atoms with van der Waals surface area (Å²) < 4.78 is 1.79. The van der Waals surface area contributed by atoms with E-state index in [4.69, 9.17) is 4.98 Å². The second-order valence-corrected chi connectivity index (χ2v) is 5.86. The Morgan fingerprint density at radius 3 is 2.46 bits per heavy atom. The van der Waals surface area contributed by atoms with Crippen molar-refractivity contribution >= 4 is 10.9 Å². The second-order valence-electron chi connectivity index (χ2n) is 5.86. The zero-order valence-electron chi connectivity index (χ0n) is 14.2. The maximum absolute atomic E-state index is 12.8. The third-order valence-corrected chi connectivity index (χ3v) is 4.32. The fourth-order valence-corrected chi connectivity index (χ4v) is 3.01. The van der Waals surface area contributed by atoms with E-state index in [9.17, 15) is 4.79 Å². The van der Waals surface area contributed by atoms with Crippen LogP contribution in [0.15, 0.2) is 59.4 Å². The van der Waals surface area contributed by atoms with Gasteiger partial charge in [0.25, 0.3) is 5.56 Å². The van der Waals surface area contributed by atoms with Crippen LogP contribution in [0, 0.1) is 0 Å². The first-order valence-corrected chi connectivity index (χ1v) is 8.51. The lowest BCUT2D eigenvalue weighted by Gasteiger charge is -2.21. The Morgan fingerprint density at radius 2 is 1.75 bits per heavy atom. The van der Waals surface area contributed by atoms with Gasteiger partial charge in [-0.05, 0) is 31.0 Å². The Bertz CT molecular complexity index is 871. The van der Waals surface area contributed by atoms with Crippen molar-refractivity contribution in [2.45, 2.75) is 39.4 Å². The predicted molar refractivity (Wildman–Crippen MR) is 98.0 cm³/mol. The SMILES string of the molecule is CC[C@H](NCc1ccccc1)c1nc2ccccc2c(=O)n1CC. The molecule has 4 heteroatoms. The zero-order valence-corrected chi connectivity index (χ0v) is 14.2. The molecule has 0 bridgehead atoms. The van der Waals surface area contributed by atoms with Crippen molar-refractivity contribution in [3.63, 3.8) is 0 Å². The van der Waals surface area contributed by atoms with Crippen LogP contribution in [0.3, 0.4) is 0 Å². The van der Waals surface area contributed by atoms with E-state index in [1.54, 1.807) is 4.57 Å². The van der Waals surface area contributed by atoms with E-state index in [1.807, 2.05) is 49.4 Å². The van der Waals surface area contributed by atoms with Crippen molar-refractivity contribution in [3.05, 3.63) is 76.3 Å². The molecule has 0 amide bonds. The van der Waals surface area contributed by atoms with Crippen molar-refractivity contribution in [1.29, 1.82) is 0 Å². The molecule has 4 nitrogen and oxygen atoms in total. The molecule has 124 valence electrons. The molecule has 0 saturated heterocycles. The molecule has 24 heavy (non-hydrogen) atoms. The van der Waals surface area contributed by atoms with E-state index in [0.717, 1.165) is 24.3 Å². The van der Waals surface area contributed by atoms with Crippen molar-refractivity contribution in [2.75, 3.05) is 0 Å². The van der Waals surface area contributed by atoms with Gasteiger partial charge in [0, 0.05) is 13.1 Å². The van der Waals surface area contributed by atoms with Gasteiger partial charge in [-0.2, -0.15) is 0 Å². The smallest absolute Gasteiger partial charge is 0.261 e. The van der Waals surface area contributed by atoms with Gasteiger partial charge < -0.3 is 5.32 Å². The Balaban J connectivity index is 1.97. The van der Waals surface area contributed by atoms with Gasteiger partial charge in [-0.15, -0.1) is 0 Å². The number of hydrogen-bond acceptors (Lipinski definition) is 3. The highest BCUT2D eigenvalue weighted by molar-refractivity contribution is 5.77. The minimum atomic E-state index is 0.0399. The van der Waals surface area contributed by atoms with Crippen LogP contribution in [-0.4, -0.2) is 9.55 Å². The van der Waals surface area contributed by atoms with Crippen molar-refractivity contribution < 1.29 is 0 Å². The molecule has 1 heterocycles. The van der Waals surface area contributed by atoms with Crippen molar-refractivity contribution in [1.82, 2.24) is 14.9 Å². The number of fused-ring (bicyclic) bond motifs is 1. The van der Waals surface area contributed by atoms with Gasteiger partial charge in [0.15, 0.2) is 0 Å². The molecule has 0 aliphatic carbocycles. The zero-order chi connectivity index (χ0) is 16.9. The lowest BCUT2D eigenvalue weighted by atomic mass is 10.1. The average molecular weight is 321 g/mol. The van der Waals surface area contributed by atoms with E-state index in [1.165, 1.54) is 5.56 Å². The van der Waals surface area contributed by atoms with Crippen LogP contribution in [0.5, 0.6) is 0 Å². The standard InChI is InChI=1S/C20H23N3O/c1-3-17(21-14-15-10-6-5-7-11-15)19-22-18-13-9-8-12-16(18)20(24)23(19)4-2/h5-13,17,21H,3-4,14H2,1-2H3/t17-/m0/s1. The van der Waals surface area contributed by atoms with Gasteiger partial charge in [0.2, 0.25) is 0 Å². The lowest BCUT2D eigenvalue weighted by Crippen LogP contribution is -2.31. The molecule has 0 radical (unpaired) electrons. The number of hydrogen-bond donors (Lipinski definition) is 1. The van der Waals surface area contributed by atoms with Gasteiger partial charge in [0.05, 0.1) is 16.9 Å². The summed E-state index contributed by atoms with van der Waals surface area (Å²) in [5.41, 5.74) is 2.03. The summed E-state index contributed by atoms with van der Waals surface area (Å²) in [7, 11) is 0. The van der Waals surface area contributed by atoms with Crippen LogP contribution in [0.1, 0.15) is 37.7 Å².